The van der Waals surface area contributed by atoms with Gasteiger partial charge in [-0.3, -0.25) is 5.43 Å². The van der Waals surface area contributed by atoms with Crippen molar-refractivity contribution in [3.8, 4) is 5.75 Å². The Morgan fingerprint density at radius 3 is 2.70 bits per heavy atom. The minimum atomic E-state index is 0.487. The predicted molar refractivity (Wildman–Crippen MR) is 87.4 cm³/mol. The van der Waals surface area contributed by atoms with E-state index in [-0.39, 0.29) is 0 Å². The molecule has 0 aliphatic heterocycles. The van der Waals surface area contributed by atoms with E-state index < -0.39 is 0 Å². The van der Waals surface area contributed by atoms with Crippen molar-refractivity contribution in [3.63, 3.8) is 0 Å². The first kappa shape index (κ1) is 14.8. The van der Waals surface area contributed by atoms with Crippen molar-refractivity contribution in [2.75, 3.05) is 12.4 Å². The van der Waals surface area contributed by atoms with E-state index in [0.29, 0.717) is 5.11 Å². The summed E-state index contributed by atoms with van der Waals surface area (Å²) in [6.07, 6.45) is 4.55. The van der Waals surface area contributed by atoms with Crippen LogP contribution in [0.1, 0.15) is 32.6 Å². The Kier molecular flexibility index (Phi) is 5.35. The van der Waals surface area contributed by atoms with Crippen LogP contribution in [-0.2, 0) is 0 Å². The highest BCUT2D eigenvalue weighted by Crippen LogP contribution is 2.23. The van der Waals surface area contributed by atoms with Crippen LogP contribution in [0.5, 0.6) is 5.75 Å². The van der Waals surface area contributed by atoms with E-state index in [4.69, 9.17) is 17.0 Å². The SMILES string of the molecule is COc1ccccc1NC(=S)NN=C1CCC(C)CC1. The Hall–Kier alpha value is -1.62. The third kappa shape index (κ3) is 4.20. The second kappa shape index (κ2) is 7.24. The minimum absolute atomic E-state index is 0.487. The molecular formula is C15H21N3OS. The molecule has 0 atom stereocenters. The van der Waals surface area contributed by atoms with Gasteiger partial charge in [-0.2, -0.15) is 5.10 Å². The van der Waals surface area contributed by atoms with E-state index >= 15 is 0 Å². The molecule has 1 fully saturated rings. The highest BCUT2D eigenvalue weighted by atomic mass is 32.1. The molecule has 20 heavy (non-hydrogen) atoms. The van der Waals surface area contributed by atoms with E-state index in [1.54, 1.807) is 7.11 Å². The average molecular weight is 291 g/mol. The highest BCUT2D eigenvalue weighted by molar-refractivity contribution is 7.80. The van der Waals surface area contributed by atoms with Crippen LogP contribution in [-0.4, -0.2) is 17.9 Å². The van der Waals surface area contributed by atoms with Gasteiger partial charge in [0.2, 0.25) is 0 Å². The number of methoxy groups -OCH3 is 1. The zero-order chi connectivity index (χ0) is 14.4. The maximum absolute atomic E-state index is 5.27. The Labute approximate surface area is 125 Å². The average Bonchev–Trinajstić information content (AvgIpc) is 2.47. The van der Waals surface area contributed by atoms with E-state index in [2.05, 4.69) is 22.8 Å². The number of hydrogen-bond acceptors (Lipinski definition) is 3. The molecule has 0 spiro atoms. The number of benzene rings is 1. The molecule has 0 saturated heterocycles. The molecule has 2 rings (SSSR count). The second-order valence-electron chi connectivity index (χ2n) is 5.13. The number of para-hydroxylation sites is 2. The molecule has 2 N–H and O–H groups in total. The van der Waals surface area contributed by atoms with E-state index in [9.17, 15) is 0 Å². The monoisotopic (exact) mass is 291 g/mol. The summed E-state index contributed by atoms with van der Waals surface area (Å²) in [7, 11) is 1.64. The summed E-state index contributed by atoms with van der Waals surface area (Å²) in [6.45, 7) is 2.29. The van der Waals surface area contributed by atoms with Crippen LogP contribution in [0.3, 0.4) is 0 Å². The number of ether oxygens (including phenoxy) is 1. The predicted octanol–water partition coefficient (Wildman–Crippen LogP) is 3.55. The summed E-state index contributed by atoms with van der Waals surface area (Å²) < 4.78 is 5.27. The molecule has 4 nitrogen and oxygen atoms in total. The number of nitrogens with one attached hydrogen (secondary N) is 2. The van der Waals surface area contributed by atoms with Gasteiger partial charge in [0.15, 0.2) is 5.11 Å². The summed E-state index contributed by atoms with van der Waals surface area (Å²) in [5.41, 5.74) is 4.96. The fraction of sp³-hybridized carbons (Fsp3) is 0.467. The maximum atomic E-state index is 5.27. The van der Waals surface area contributed by atoms with Crippen LogP contribution in [0.25, 0.3) is 0 Å². The number of anilines is 1. The van der Waals surface area contributed by atoms with Crippen LogP contribution in [0.15, 0.2) is 29.4 Å². The highest BCUT2D eigenvalue weighted by Gasteiger charge is 2.13. The molecule has 108 valence electrons. The van der Waals surface area contributed by atoms with Crippen molar-refractivity contribution in [2.24, 2.45) is 11.0 Å². The van der Waals surface area contributed by atoms with Crippen molar-refractivity contribution in [1.82, 2.24) is 5.43 Å². The lowest BCUT2D eigenvalue weighted by molar-refractivity contribution is 0.417. The lowest BCUT2D eigenvalue weighted by Gasteiger charge is -2.19. The first-order chi connectivity index (χ1) is 9.69. The molecule has 0 amide bonds. The number of hydrogen-bond donors (Lipinski definition) is 2. The molecular weight excluding hydrogens is 270 g/mol. The van der Waals surface area contributed by atoms with Crippen molar-refractivity contribution >= 4 is 28.7 Å². The number of hydrazone groups is 1. The van der Waals surface area contributed by atoms with Gasteiger partial charge in [0, 0.05) is 5.71 Å². The van der Waals surface area contributed by atoms with Crippen molar-refractivity contribution < 1.29 is 4.74 Å². The lowest BCUT2D eigenvalue weighted by atomic mass is 9.90. The quantitative estimate of drug-likeness (QED) is 0.660. The van der Waals surface area contributed by atoms with Gasteiger partial charge in [0.1, 0.15) is 5.75 Å². The molecule has 0 heterocycles. The first-order valence-corrected chi connectivity index (χ1v) is 7.35. The largest absolute Gasteiger partial charge is 0.495 e. The van der Waals surface area contributed by atoms with E-state index in [1.807, 2.05) is 24.3 Å². The molecule has 1 aliphatic carbocycles. The molecule has 0 radical (unpaired) electrons. The Bertz CT molecular complexity index is 492. The first-order valence-electron chi connectivity index (χ1n) is 6.94. The molecule has 1 saturated carbocycles. The van der Waals surface area contributed by atoms with Crippen LogP contribution in [0.4, 0.5) is 5.69 Å². The molecule has 0 aromatic heterocycles. The molecule has 0 unspecified atom stereocenters. The summed E-state index contributed by atoms with van der Waals surface area (Å²) in [4.78, 5) is 0. The molecule has 1 aliphatic rings. The fourth-order valence-electron chi connectivity index (χ4n) is 2.24. The summed E-state index contributed by atoms with van der Waals surface area (Å²) in [6, 6.07) is 7.66. The smallest absolute Gasteiger partial charge is 0.191 e. The van der Waals surface area contributed by atoms with Gasteiger partial charge in [-0.25, -0.2) is 0 Å². The van der Waals surface area contributed by atoms with E-state index in [1.165, 1.54) is 18.6 Å². The lowest BCUT2D eigenvalue weighted by Crippen LogP contribution is -2.26. The standard InChI is InChI=1S/C15H21N3OS/c1-11-7-9-12(10-8-11)17-18-15(20)16-13-5-3-4-6-14(13)19-2/h3-6,11H,7-10H2,1-2H3,(H2,16,18,20). The number of rotatable bonds is 3. The summed E-state index contributed by atoms with van der Waals surface area (Å²) in [5.74, 6) is 1.57. The van der Waals surface area contributed by atoms with Crippen LogP contribution in [0.2, 0.25) is 0 Å². The Balaban J connectivity index is 1.88. The van der Waals surface area contributed by atoms with Crippen LogP contribution >= 0.6 is 12.2 Å². The third-order valence-corrected chi connectivity index (χ3v) is 3.72. The number of nitrogens with zero attached hydrogens (tertiary/aromatic N) is 1. The van der Waals surface area contributed by atoms with Gasteiger partial charge in [0.25, 0.3) is 0 Å². The molecule has 0 bridgehead atoms. The second-order valence-corrected chi connectivity index (χ2v) is 5.54. The molecule has 1 aromatic rings. The molecule has 1 aromatic carbocycles. The summed E-state index contributed by atoms with van der Waals surface area (Å²) >= 11 is 5.25. The minimum Gasteiger partial charge on any atom is -0.495 e. The fourth-order valence-corrected chi connectivity index (χ4v) is 2.39. The van der Waals surface area contributed by atoms with Gasteiger partial charge in [-0.15, -0.1) is 0 Å². The van der Waals surface area contributed by atoms with Crippen molar-refractivity contribution in [1.29, 1.82) is 0 Å². The van der Waals surface area contributed by atoms with Gasteiger partial charge >= 0.3 is 0 Å². The number of thiocarbonyl (C=S) groups is 1. The van der Waals surface area contributed by atoms with Crippen molar-refractivity contribution in [3.05, 3.63) is 24.3 Å². The third-order valence-electron chi connectivity index (χ3n) is 3.52. The van der Waals surface area contributed by atoms with Gasteiger partial charge in [-0.1, -0.05) is 19.1 Å². The van der Waals surface area contributed by atoms with Crippen LogP contribution in [0, 0.1) is 5.92 Å². The van der Waals surface area contributed by atoms with Crippen molar-refractivity contribution in [2.45, 2.75) is 32.6 Å². The van der Waals surface area contributed by atoms with Gasteiger partial charge in [0.05, 0.1) is 12.8 Å². The van der Waals surface area contributed by atoms with Crippen LogP contribution < -0.4 is 15.5 Å². The van der Waals surface area contributed by atoms with E-state index in [0.717, 1.165) is 30.2 Å². The zero-order valence-electron chi connectivity index (χ0n) is 12.0. The summed E-state index contributed by atoms with van der Waals surface area (Å²) in [5, 5.41) is 7.98. The Morgan fingerprint density at radius 1 is 1.30 bits per heavy atom. The van der Waals surface area contributed by atoms with Gasteiger partial charge < -0.3 is 10.1 Å². The van der Waals surface area contributed by atoms with Gasteiger partial charge in [-0.05, 0) is 56.0 Å². The Morgan fingerprint density at radius 2 is 2.00 bits per heavy atom. The topological polar surface area (TPSA) is 45.6 Å². The zero-order valence-corrected chi connectivity index (χ0v) is 12.8. The molecule has 5 heteroatoms. The normalized spacial score (nSPS) is 18.3. The maximum Gasteiger partial charge on any atom is 0.191 e.